The number of carbonyl (C=O) groups excluding carboxylic acids is 3. The molecule has 5 heterocycles. The first-order valence-electron chi connectivity index (χ1n) is 21.7. The molecule has 0 spiro atoms. The Morgan fingerprint density at radius 2 is 1.78 bits per heavy atom. The molecule has 15 heteroatoms. The number of ether oxygens (including phenoxy) is 5. The second-order valence-electron chi connectivity index (χ2n) is 18.7. The first-order valence-corrected chi connectivity index (χ1v) is 21.7. The molecule has 2 N–H and O–H groups in total. The van der Waals surface area contributed by atoms with Crippen LogP contribution in [0.15, 0.2) is 30.5 Å². The number of cyclic esters (lactones) is 1. The van der Waals surface area contributed by atoms with Gasteiger partial charge in [-0.05, 0) is 117 Å². The Morgan fingerprint density at radius 3 is 2.45 bits per heavy atom. The summed E-state index contributed by atoms with van der Waals surface area (Å²) in [6.07, 6.45) is -0.665. The molecule has 60 heavy (non-hydrogen) atoms. The number of aromatic nitrogens is 1. The van der Waals surface area contributed by atoms with Crippen LogP contribution in [0, 0.1) is 23.7 Å². The van der Waals surface area contributed by atoms with Crippen molar-refractivity contribution in [1.82, 2.24) is 24.8 Å². The number of rotatable bonds is 9. The molecule has 1 amide bonds. The molecule has 4 aliphatic rings. The van der Waals surface area contributed by atoms with Crippen molar-refractivity contribution in [2.24, 2.45) is 23.7 Å². The van der Waals surface area contributed by atoms with E-state index < -0.39 is 71.5 Å². The van der Waals surface area contributed by atoms with Gasteiger partial charge in [0.25, 0.3) is 0 Å². The number of methoxy groups -OCH3 is 1. The third-order valence-electron chi connectivity index (χ3n) is 13.9. The molecule has 15 nitrogen and oxygen atoms in total. The highest BCUT2D eigenvalue weighted by Gasteiger charge is 2.63. The first-order chi connectivity index (χ1) is 28.2. The van der Waals surface area contributed by atoms with Crippen LogP contribution in [0.5, 0.6) is 5.75 Å². The molecule has 1 unspecified atom stereocenters. The van der Waals surface area contributed by atoms with Crippen molar-refractivity contribution in [2.75, 3.05) is 41.5 Å². The lowest BCUT2D eigenvalue weighted by Gasteiger charge is -2.47. The average molecular weight is 840 g/mol. The lowest BCUT2D eigenvalue weighted by atomic mass is 9.71. The molecule has 4 aliphatic heterocycles. The van der Waals surface area contributed by atoms with Crippen molar-refractivity contribution in [3.63, 3.8) is 0 Å². The number of nitrogens with zero attached hydrogens (tertiary/aromatic N) is 5. The number of carbonyl (C=O) groups is 3. The molecule has 0 radical (unpaired) electrons. The first kappa shape index (κ1) is 46.1. The van der Waals surface area contributed by atoms with Crippen molar-refractivity contribution in [3.8, 4) is 5.75 Å². The standard InChI is InChI=1S/C45H69N5O10/c1-13-35-45(8)39-27(4)36(48(11)24-49(50(39)43(54)60-45)20-14-15-30-18-19-46-33-22-31(56-12)16-17-32(30)33)25(2)23-44(7,55)40(28(5)37(51)29(6)41(53)58-35)59-42-38(52)34(47(9)10)21-26(3)57-42/h16-19,22,25-29,34-36,38-40,42,52,55H,13-15,20-21,23-24H2,1-12H3/t25-,26-,27-,28+,29-,34+,35+,36?,38-,39-,40-,42+,44+,45-/m1/s1. The van der Waals surface area contributed by atoms with Gasteiger partial charge in [0, 0.05) is 42.2 Å². The van der Waals surface area contributed by atoms with E-state index in [2.05, 4.69) is 23.7 Å². The van der Waals surface area contributed by atoms with E-state index in [-0.39, 0.29) is 36.4 Å². The van der Waals surface area contributed by atoms with Gasteiger partial charge in [0.15, 0.2) is 17.7 Å². The molecule has 1 aromatic heterocycles. The zero-order valence-corrected chi connectivity index (χ0v) is 37.7. The van der Waals surface area contributed by atoms with Gasteiger partial charge < -0.3 is 38.8 Å². The lowest BCUT2D eigenvalue weighted by molar-refractivity contribution is -0.293. The van der Waals surface area contributed by atoms with Crippen LogP contribution in [0.1, 0.15) is 86.6 Å². The number of amides is 1. The number of hydrazine groups is 1. The van der Waals surface area contributed by atoms with E-state index in [0.717, 1.165) is 28.6 Å². The van der Waals surface area contributed by atoms with E-state index in [9.17, 15) is 24.6 Å². The van der Waals surface area contributed by atoms with Gasteiger partial charge >= 0.3 is 12.1 Å². The molecule has 2 aromatic rings. The summed E-state index contributed by atoms with van der Waals surface area (Å²) in [4.78, 5) is 51.4. The quantitative estimate of drug-likeness (QED) is 0.265. The molecule has 6 rings (SSSR count). The summed E-state index contributed by atoms with van der Waals surface area (Å²) in [6, 6.07) is 6.83. The van der Waals surface area contributed by atoms with Gasteiger partial charge in [-0.25, -0.2) is 14.8 Å². The summed E-state index contributed by atoms with van der Waals surface area (Å²) >= 11 is 0. The van der Waals surface area contributed by atoms with E-state index in [4.69, 9.17) is 23.7 Å². The maximum absolute atomic E-state index is 14.3. The van der Waals surface area contributed by atoms with Crippen molar-refractivity contribution < 1.29 is 48.3 Å². The number of aliphatic hydroxyl groups excluding tert-OH is 1. The molecule has 1 aromatic carbocycles. The van der Waals surface area contributed by atoms with Crippen molar-refractivity contribution >= 4 is 28.7 Å². The van der Waals surface area contributed by atoms with Crippen LogP contribution < -0.4 is 4.74 Å². The Hall–Kier alpha value is -3.44. The van der Waals surface area contributed by atoms with Crippen molar-refractivity contribution in [2.45, 2.75) is 148 Å². The minimum Gasteiger partial charge on any atom is -0.497 e. The zero-order chi connectivity index (χ0) is 44.0. The maximum atomic E-state index is 14.3. The highest BCUT2D eigenvalue weighted by Crippen LogP contribution is 2.46. The van der Waals surface area contributed by atoms with E-state index >= 15 is 0 Å². The molecule has 334 valence electrons. The summed E-state index contributed by atoms with van der Waals surface area (Å²) in [5.74, 6) is -3.18. The third-order valence-corrected chi connectivity index (χ3v) is 13.9. The topological polar surface area (TPSA) is 164 Å². The number of aliphatic hydroxyl groups is 2. The minimum atomic E-state index is -1.64. The number of likely N-dealkylation sites (N-methyl/N-ethyl adjacent to an activating group) is 1. The number of esters is 1. The number of hydrogen-bond acceptors (Lipinski definition) is 14. The number of ketones is 1. The molecule has 4 fully saturated rings. The number of pyridine rings is 1. The van der Waals surface area contributed by atoms with Crippen LogP contribution in [0.2, 0.25) is 0 Å². The van der Waals surface area contributed by atoms with Gasteiger partial charge in [-0.1, -0.05) is 27.7 Å². The number of benzene rings is 1. The van der Waals surface area contributed by atoms with E-state index in [1.54, 1.807) is 32.2 Å². The fraction of sp³-hybridized carbons (Fsp3) is 0.733. The van der Waals surface area contributed by atoms with Gasteiger partial charge in [0.1, 0.15) is 23.9 Å². The maximum Gasteiger partial charge on any atom is 0.425 e. The summed E-state index contributed by atoms with van der Waals surface area (Å²) in [7, 11) is 7.43. The van der Waals surface area contributed by atoms with Gasteiger partial charge in [0.2, 0.25) is 0 Å². The summed E-state index contributed by atoms with van der Waals surface area (Å²) in [5, 5.41) is 29.0. The molecular formula is C45H69N5O10. The Morgan fingerprint density at radius 1 is 1.07 bits per heavy atom. The van der Waals surface area contributed by atoms with E-state index in [1.807, 2.05) is 76.1 Å². The van der Waals surface area contributed by atoms with Crippen LogP contribution in [0.4, 0.5) is 4.79 Å². The number of aryl methyl sites for hydroxylation is 1. The second-order valence-corrected chi connectivity index (χ2v) is 18.7. The summed E-state index contributed by atoms with van der Waals surface area (Å²) in [6.45, 7) is 15.5. The fourth-order valence-electron chi connectivity index (χ4n) is 11.1. The average Bonchev–Trinajstić information content (AvgIpc) is 3.40. The third kappa shape index (κ3) is 8.77. The van der Waals surface area contributed by atoms with Gasteiger partial charge in [0.05, 0.1) is 43.1 Å². The molecule has 0 aliphatic carbocycles. The highest BCUT2D eigenvalue weighted by atomic mass is 16.7. The van der Waals surface area contributed by atoms with Gasteiger partial charge in [-0.2, -0.15) is 0 Å². The predicted octanol–water partition coefficient (Wildman–Crippen LogP) is 4.65. The summed E-state index contributed by atoms with van der Waals surface area (Å²) in [5.41, 5.74) is -0.933. The Bertz CT molecular complexity index is 1860. The van der Waals surface area contributed by atoms with Crippen molar-refractivity contribution in [1.29, 1.82) is 0 Å². The monoisotopic (exact) mass is 840 g/mol. The largest absolute Gasteiger partial charge is 0.497 e. The summed E-state index contributed by atoms with van der Waals surface area (Å²) < 4.78 is 30.8. The van der Waals surface area contributed by atoms with E-state index in [0.29, 0.717) is 32.5 Å². The highest BCUT2D eigenvalue weighted by molar-refractivity contribution is 6.00. The van der Waals surface area contributed by atoms with Crippen molar-refractivity contribution in [3.05, 3.63) is 36.0 Å². The number of fused-ring (bicyclic) bond motifs is 2. The SMILES string of the molecule is CC[C@@H]1OC(=O)[C@H](C)C(=O)[C@H](C)[C@@H](O[C@@H]2O[C@H](C)C[C@H](N(C)C)[C@H]2O)[C@@](C)(O)C[C@@H](C)C2[C@@H](C)[C@H]3N(C(=O)O[C@]13C)N(CCCc1ccnc3cc(OC)ccc13)CN2C. The predicted molar refractivity (Wildman–Crippen MR) is 225 cm³/mol. The molecule has 2 bridgehead atoms. The van der Waals surface area contributed by atoms with Crippen LogP contribution in [0.25, 0.3) is 10.9 Å². The molecule has 14 atom stereocenters. The normalized spacial score (nSPS) is 38.7. The number of Topliss-reactive ketones (excluding diaryl/α,β-unsaturated/α-hetero) is 1. The van der Waals surface area contributed by atoms with Crippen LogP contribution in [-0.2, 0) is 35.0 Å². The Kier molecular flexibility index (Phi) is 13.9. The van der Waals surface area contributed by atoms with Crippen LogP contribution in [0.3, 0.4) is 0 Å². The lowest BCUT2D eigenvalue weighted by Crippen LogP contribution is -2.61. The Balaban J connectivity index is 1.36. The van der Waals surface area contributed by atoms with Gasteiger partial charge in [-0.3, -0.25) is 19.5 Å². The molecule has 4 saturated heterocycles. The van der Waals surface area contributed by atoms with Crippen LogP contribution in [-0.4, -0.2) is 154 Å². The molecular weight excluding hydrogens is 771 g/mol. The minimum absolute atomic E-state index is 0.193. The second kappa shape index (κ2) is 18.1. The smallest absolute Gasteiger partial charge is 0.425 e. The molecule has 0 saturated carbocycles. The number of hydrogen-bond donors (Lipinski definition) is 2. The zero-order valence-electron chi connectivity index (χ0n) is 37.7. The van der Waals surface area contributed by atoms with E-state index in [1.165, 1.54) is 6.92 Å². The fourth-order valence-corrected chi connectivity index (χ4v) is 11.1. The Labute approximate surface area is 355 Å². The van der Waals surface area contributed by atoms with Gasteiger partial charge in [-0.15, -0.1) is 0 Å². The van der Waals surface area contributed by atoms with Crippen LogP contribution >= 0.6 is 0 Å².